The Hall–Kier alpha value is -2.96. The average molecular weight is 406 g/mol. The summed E-state index contributed by atoms with van der Waals surface area (Å²) in [7, 11) is 0. The topological polar surface area (TPSA) is 83.9 Å². The van der Waals surface area contributed by atoms with Crippen molar-refractivity contribution < 1.29 is 4.79 Å². The molecular formula is C23H27N5O2. The van der Waals surface area contributed by atoms with E-state index in [0.29, 0.717) is 28.7 Å². The van der Waals surface area contributed by atoms with E-state index >= 15 is 0 Å². The van der Waals surface area contributed by atoms with E-state index in [1.807, 2.05) is 47.6 Å². The van der Waals surface area contributed by atoms with Crippen LogP contribution in [0.4, 0.5) is 0 Å². The van der Waals surface area contributed by atoms with E-state index in [1.165, 1.54) is 0 Å². The van der Waals surface area contributed by atoms with Crippen LogP contribution in [0.3, 0.4) is 0 Å². The third-order valence-corrected chi connectivity index (χ3v) is 6.68. The van der Waals surface area contributed by atoms with Gasteiger partial charge in [0.05, 0.1) is 28.2 Å². The Morgan fingerprint density at radius 2 is 1.87 bits per heavy atom. The number of amides is 1. The molecule has 1 atom stereocenters. The Morgan fingerprint density at radius 1 is 1.10 bits per heavy atom. The molecule has 156 valence electrons. The molecule has 1 aliphatic carbocycles. The average Bonchev–Trinajstić information content (AvgIpc) is 3.49. The molecule has 2 aromatic heterocycles. The molecule has 2 aliphatic rings. The van der Waals surface area contributed by atoms with Gasteiger partial charge in [0, 0.05) is 18.3 Å². The summed E-state index contributed by atoms with van der Waals surface area (Å²) in [4.78, 5) is 33.8. The van der Waals surface area contributed by atoms with Crippen LogP contribution in [0.15, 0.2) is 29.1 Å². The molecule has 3 heterocycles. The molecule has 2 fully saturated rings. The van der Waals surface area contributed by atoms with Gasteiger partial charge in [-0.05, 0) is 51.7 Å². The highest BCUT2D eigenvalue weighted by Gasteiger charge is 2.37. The van der Waals surface area contributed by atoms with Crippen molar-refractivity contribution in [3.63, 3.8) is 0 Å². The molecule has 0 bridgehead atoms. The highest BCUT2D eigenvalue weighted by atomic mass is 16.2. The maximum Gasteiger partial charge on any atom is 0.261 e. The first-order valence-electron chi connectivity index (χ1n) is 10.9. The molecule has 1 saturated carbocycles. The fourth-order valence-electron chi connectivity index (χ4n) is 5.20. The van der Waals surface area contributed by atoms with Crippen molar-refractivity contribution in [2.75, 3.05) is 6.54 Å². The van der Waals surface area contributed by atoms with Crippen LogP contribution in [0, 0.1) is 13.8 Å². The van der Waals surface area contributed by atoms with E-state index in [2.05, 4.69) is 10.2 Å². The molecule has 5 rings (SSSR count). The van der Waals surface area contributed by atoms with E-state index in [0.717, 1.165) is 50.0 Å². The number of hydrogen-bond donors (Lipinski definition) is 1. The summed E-state index contributed by atoms with van der Waals surface area (Å²) < 4.78 is 1.92. The molecule has 1 saturated heterocycles. The molecule has 3 aromatic rings. The van der Waals surface area contributed by atoms with E-state index in [9.17, 15) is 9.59 Å². The quantitative estimate of drug-likeness (QED) is 0.718. The first-order valence-corrected chi connectivity index (χ1v) is 10.9. The Kier molecular flexibility index (Phi) is 4.68. The Labute approximate surface area is 175 Å². The van der Waals surface area contributed by atoms with Gasteiger partial charge in [-0.1, -0.05) is 25.0 Å². The van der Waals surface area contributed by atoms with Crippen molar-refractivity contribution in [1.29, 1.82) is 0 Å². The summed E-state index contributed by atoms with van der Waals surface area (Å²) in [6, 6.07) is 7.53. The number of para-hydroxylation sites is 1. The van der Waals surface area contributed by atoms with Crippen molar-refractivity contribution in [1.82, 2.24) is 24.6 Å². The molecule has 1 unspecified atom stereocenters. The number of aromatic amines is 1. The Bertz CT molecular complexity index is 1150. The van der Waals surface area contributed by atoms with Crippen molar-refractivity contribution in [3.8, 4) is 0 Å². The van der Waals surface area contributed by atoms with Crippen LogP contribution in [-0.4, -0.2) is 37.1 Å². The third-order valence-electron chi connectivity index (χ3n) is 6.68. The van der Waals surface area contributed by atoms with Crippen LogP contribution in [0.1, 0.15) is 78.2 Å². The number of likely N-dealkylation sites (tertiary alicyclic amines) is 1. The number of nitrogens with one attached hydrogen (secondary N) is 1. The lowest BCUT2D eigenvalue weighted by atomic mass is 10.1. The predicted octanol–water partition coefficient (Wildman–Crippen LogP) is 3.83. The number of aryl methyl sites for hydroxylation is 2. The lowest BCUT2D eigenvalue weighted by molar-refractivity contribution is 0.0723. The molecular weight excluding hydrogens is 378 g/mol. The van der Waals surface area contributed by atoms with E-state index in [4.69, 9.17) is 4.98 Å². The fraction of sp³-hybridized carbons (Fsp3) is 0.478. The first-order chi connectivity index (χ1) is 14.6. The van der Waals surface area contributed by atoms with Crippen LogP contribution >= 0.6 is 0 Å². The SMILES string of the molecule is Cc1n[nH]c(C)c1C(=O)N1CCCC1c1nc2ccccc2c(=O)n1C1CCCC1. The zero-order valence-corrected chi connectivity index (χ0v) is 17.5. The van der Waals surface area contributed by atoms with Crippen LogP contribution in [0.25, 0.3) is 10.9 Å². The lowest BCUT2D eigenvalue weighted by Gasteiger charge is -2.28. The minimum absolute atomic E-state index is 0.0254. The van der Waals surface area contributed by atoms with Gasteiger partial charge < -0.3 is 4.90 Å². The Morgan fingerprint density at radius 3 is 2.60 bits per heavy atom. The standard InChI is InChI=1S/C23H27N5O2/c1-14-20(15(2)26-25-14)23(30)27-13-7-12-19(27)21-24-18-11-6-5-10-17(18)22(29)28(21)16-8-3-4-9-16/h5-6,10-11,16,19H,3-4,7-9,12-13H2,1-2H3,(H,25,26). The van der Waals surface area contributed by atoms with E-state index in [1.54, 1.807) is 0 Å². The monoisotopic (exact) mass is 405 g/mol. The van der Waals surface area contributed by atoms with Gasteiger partial charge in [0.25, 0.3) is 11.5 Å². The normalized spacial score (nSPS) is 19.8. The van der Waals surface area contributed by atoms with Crippen LogP contribution in [-0.2, 0) is 0 Å². The van der Waals surface area contributed by atoms with Gasteiger partial charge in [0.2, 0.25) is 0 Å². The number of H-pyrrole nitrogens is 1. The highest BCUT2D eigenvalue weighted by Crippen LogP contribution is 2.37. The largest absolute Gasteiger partial charge is 0.328 e. The van der Waals surface area contributed by atoms with Crippen molar-refractivity contribution in [3.05, 3.63) is 57.4 Å². The molecule has 30 heavy (non-hydrogen) atoms. The minimum Gasteiger partial charge on any atom is -0.328 e. The summed E-state index contributed by atoms with van der Waals surface area (Å²) in [5, 5.41) is 7.77. The Balaban J connectivity index is 1.65. The predicted molar refractivity (Wildman–Crippen MR) is 115 cm³/mol. The van der Waals surface area contributed by atoms with Crippen molar-refractivity contribution >= 4 is 16.8 Å². The van der Waals surface area contributed by atoms with Crippen LogP contribution < -0.4 is 5.56 Å². The van der Waals surface area contributed by atoms with Gasteiger partial charge in [-0.15, -0.1) is 0 Å². The number of hydrogen-bond acceptors (Lipinski definition) is 4. The second-order valence-electron chi connectivity index (χ2n) is 8.57. The fourth-order valence-corrected chi connectivity index (χ4v) is 5.20. The highest BCUT2D eigenvalue weighted by molar-refractivity contribution is 5.96. The van der Waals surface area contributed by atoms with Crippen molar-refractivity contribution in [2.24, 2.45) is 0 Å². The van der Waals surface area contributed by atoms with Gasteiger partial charge in [0.15, 0.2) is 0 Å². The van der Waals surface area contributed by atoms with Crippen LogP contribution in [0.5, 0.6) is 0 Å². The number of benzene rings is 1. The molecule has 1 N–H and O–H groups in total. The number of carbonyl (C=O) groups excluding carboxylic acids is 1. The summed E-state index contributed by atoms with van der Waals surface area (Å²) in [6.07, 6.45) is 5.97. The van der Waals surface area contributed by atoms with Crippen molar-refractivity contribution in [2.45, 2.75) is 64.5 Å². The van der Waals surface area contributed by atoms with Gasteiger partial charge >= 0.3 is 0 Å². The second kappa shape index (κ2) is 7.38. The van der Waals surface area contributed by atoms with E-state index < -0.39 is 0 Å². The lowest BCUT2D eigenvalue weighted by Crippen LogP contribution is -2.37. The molecule has 1 aliphatic heterocycles. The number of carbonyl (C=O) groups is 1. The maximum atomic E-state index is 13.5. The van der Waals surface area contributed by atoms with Crippen LogP contribution in [0.2, 0.25) is 0 Å². The van der Waals surface area contributed by atoms with Gasteiger partial charge in [0.1, 0.15) is 5.82 Å². The summed E-state index contributed by atoms with van der Waals surface area (Å²) in [6.45, 7) is 4.40. The minimum atomic E-state index is -0.191. The summed E-state index contributed by atoms with van der Waals surface area (Å²) >= 11 is 0. The molecule has 0 spiro atoms. The number of rotatable bonds is 3. The second-order valence-corrected chi connectivity index (χ2v) is 8.57. The zero-order valence-electron chi connectivity index (χ0n) is 17.5. The van der Waals surface area contributed by atoms with Gasteiger partial charge in [-0.3, -0.25) is 19.3 Å². The smallest absolute Gasteiger partial charge is 0.261 e. The number of nitrogens with zero attached hydrogens (tertiary/aromatic N) is 4. The van der Waals surface area contributed by atoms with Gasteiger partial charge in [-0.25, -0.2) is 4.98 Å². The number of fused-ring (bicyclic) bond motifs is 1. The third kappa shape index (κ3) is 2.95. The van der Waals surface area contributed by atoms with E-state index in [-0.39, 0.29) is 23.6 Å². The summed E-state index contributed by atoms with van der Waals surface area (Å²) in [5.74, 6) is 0.719. The molecule has 7 nitrogen and oxygen atoms in total. The molecule has 1 amide bonds. The summed E-state index contributed by atoms with van der Waals surface area (Å²) in [5.41, 5.74) is 2.86. The zero-order chi connectivity index (χ0) is 20.8. The van der Waals surface area contributed by atoms with Gasteiger partial charge in [-0.2, -0.15) is 5.10 Å². The number of aromatic nitrogens is 4. The molecule has 1 aromatic carbocycles. The molecule has 7 heteroatoms. The maximum absolute atomic E-state index is 13.5. The first kappa shape index (κ1) is 19.0. The molecule has 0 radical (unpaired) electrons.